The lowest BCUT2D eigenvalue weighted by molar-refractivity contribution is 0.694. The van der Waals surface area contributed by atoms with Crippen molar-refractivity contribution in [3.05, 3.63) is 52.4 Å². The molecule has 28 heavy (non-hydrogen) atoms. The third-order valence-electron chi connectivity index (χ3n) is 5.58. The molecule has 0 aromatic carbocycles. The minimum atomic E-state index is -1.35. The first-order valence-corrected chi connectivity index (χ1v) is 10.5. The van der Waals surface area contributed by atoms with Crippen LogP contribution in [0.25, 0.3) is 0 Å². The van der Waals surface area contributed by atoms with E-state index in [2.05, 4.69) is 94.3 Å². The summed E-state index contributed by atoms with van der Waals surface area (Å²) < 4.78 is 6.43. The zero-order valence-electron chi connectivity index (χ0n) is 18.9. The molecule has 3 aromatic heterocycles. The molecule has 0 atom stereocenters. The molecule has 7 heteroatoms. The molecule has 152 valence electrons. The van der Waals surface area contributed by atoms with E-state index in [1.165, 1.54) is 0 Å². The van der Waals surface area contributed by atoms with Gasteiger partial charge in [-0.15, -0.1) is 0 Å². The van der Waals surface area contributed by atoms with E-state index in [4.69, 9.17) is 15.3 Å². The fourth-order valence-electron chi connectivity index (χ4n) is 3.69. The van der Waals surface area contributed by atoms with Gasteiger partial charge < -0.3 is 13.8 Å². The smallest absolute Gasteiger partial charge is 0.326 e. The summed E-state index contributed by atoms with van der Waals surface area (Å²) in [6, 6.07) is 6.57. The molecule has 3 heterocycles. The van der Waals surface area contributed by atoms with Gasteiger partial charge in [0.1, 0.15) is 0 Å². The van der Waals surface area contributed by atoms with Crippen molar-refractivity contribution in [2.24, 2.45) is 0 Å². The summed E-state index contributed by atoms with van der Waals surface area (Å²) in [6.07, 6.45) is 0. The van der Waals surface area contributed by atoms with E-state index in [0.29, 0.717) is 17.8 Å². The maximum absolute atomic E-state index is 4.98. The van der Waals surface area contributed by atoms with Crippen molar-refractivity contribution < 1.29 is 0 Å². The molecule has 0 saturated carbocycles. The van der Waals surface area contributed by atoms with Crippen molar-refractivity contribution in [1.82, 2.24) is 29.1 Å². The molecule has 0 fully saturated rings. The fraction of sp³-hybridized carbons (Fsp3) is 0.571. The molecule has 0 N–H and O–H groups in total. The Hall–Kier alpha value is -2.31. The maximum atomic E-state index is 4.98. The normalized spacial score (nSPS) is 12.3. The summed E-state index contributed by atoms with van der Waals surface area (Å²) >= 11 is 0. The Labute approximate surface area is 169 Å². The number of aromatic nitrogens is 6. The topological polar surface area (TPSA) is 53.5 Å². The second kappa shape index (κ2) is 7.61. The monoisotopic (exact) mass is 381 g/mol. The van der Waals surface area contributed by atoms with E-state index in [1.54, 1.807) is 0 Å². The van der Waals surface area contributed by atoms with Gasteiger partial charge in [-0.2, -0.15) is 0 Å². The molecule has 0 saturated heterocycles. The predicted molar refractivity (Wildman–Crippen MR) is 117 cm³/mol. The van der Waals surface area contributed by atoms with Crippen LogP contribution in [0, 0.1) is 20.8 Å². The van der Waals surface area contributed by atoms with E-state index in [-0.39, 0.29) is 0 Å². The summed E-state index contributed by atoms with van der Waals surface area (Å²) in [7, 11) is -1.35. The first-order valence-electron chi connectivity index (χ1n) is 10.5. The van der Waals surface area contributed by atoms with Crippen LogP contribution in [0.5, 0.6) is 0 Å². The van der Waals surface area contributed by atoms with Crippen molar-refractivity contribution in [1.29, 1.82) is 0 Å². The molecule has 0 radical (unpaired) electrons. The van der Waals surface area contributed by atoms with E-state index in [1.807, 2.05) is 0 Å². The van der Waals surface area contributed by atoms with Gasteiger partial charge in [-0.05, 0) is 73.8 Å². The zero-order valence-corrected chi connectivity index (χ0v) is 18.9. The van der Waals surface area contributed by atoms with Gasteiger partial charge in [-0.3, -0.25) is 0 Å². The van der Waals surface area contributed by atoms with E-state index < -0.39 is 7.12 Å². The Morgan fingerprint density at radius 2 is 0.821 bits per heavy atom. The number of aryl methyl sites for hydroxylation is 3. The van der Waals surface area contributed by atoms with Crippen LogP contribution in [0.4, 0.5) is 0 Å². The van der Waals surface area contributed by atoms with Crippen LogP contribution in [0.1, 0.15) is 93.5 Å². The quantitative estimate of drug-likeness (QED) is 0.601. The minimum absolute atomic E-state index is 0.384. The first kappa shape index (κ1) is 20.4. The van der Waals surface area contributed by atoms with Crippen molar-refractivity contribution in [2.75, 3.05) is 0 Å². The van der Waals surface area contributed by atoms with Crippen LogP contribution in [0.2, 0.25) is 0 Å². The number of nitrogens with zero attached hydrogens (tertiary/aromatic N) is 6. The third kappa shape index (κ3) is 3.67. The summed E-state index contributed by atoms with van der Waals surface area (Å²) in [6.45, 7) is 19.5. The second-order valence-electron chi connectivity index (χ2n) is 9.02. The molecular formula is C21H34BN6-. The van der Waals surface area contributed by atoms with Crippen LogP contribution >= 0.6 is 0 Å². The van der Waals surface area contributed by atoms with E-state index in [0.717, 1.165) is 34.2 Å². The van der Waals surface area contributed by atoms with Crippen LogP contribution in [-0.4, -0.2) is 36.2 Å². The Bertz CT molecular complexity index is 836. The van der Waals surface area contributed by atoms with Gasteiger partial charge in [-0.1, -0.05) is 41.5 Å². The van der Waals surface area contributed by atoms with Gasteiger partial charge in [0.15, 0.2) is 0 Å². The summed E-state index contributed by atoms with van der Waals surface area (Å²) in [5.41, 5.74) is 6.76. The SMILES string of the molecule is Cc1cc(C(C)C)nn1[BH-](n1nc(C(C)C)cc1C)n1nc(C(C)C)cc1C. The van der Waals surface area contributed by atoms with Gasteiger partial charge in [0.25, 0.3) is 0 Å². The Morgan fingerprint density at radius 3 is 1.00 bits per heavy atom. The molecule has 0 amide bonds. The second-order valence-corrected chi connectivity index (χ2v) is 9.02. The molecular weight excluding hydrogens is 347 g/mol. The fourth-order valence-corrected chi connectivity index (χ4v) is 3.69. The summed E-state index contributed by atoms with van der Waals surface area (Å²) in [4.78, 5) is 0. The molecule has 3 rings (SSSR count). The lowest BCUT2D eigenvalue weighted by Crippen LogP contribution is -2.45. The molecule has 6 nitrogen and oxygen atoms in total. The van der Waals surface area contributed by atoms with Crippen LogP contribution in [0.3, 0.4) is 0 Å². The van der Waals surface area contributed by atoms with Crippen LogP contribution in [0.15, 0.2) is 18.2 Å². The Kier molecular flexibility index (Phi) is 5.55. The van der Waals surface area contributed by atoms with Crippen molar-refractivity contribution in [3.63, 3.8) is 0 Å². The molecule has 0 spiro atoms. The van der Waals surface area contributed by atoms with Crippen molar-refractivity contribution in [3.8, 4) is 0 Å². The molecule has 0 aliphatic rings. The number of rotatable bonds is 6. The maximum Gasteiger partial charge on any atom is 0.326 e. The largest absolute Gasteiger partial charge is 0.400 e. The number of hydrogen-bond donors (Lipinski definition) is 0. The van der Waals surface area contributed by atoms with E-state index in [9.17, 15) is 0 Å². The highest BCUT2D eigenvalue weighted by molar-refractivity contribution is 6.53. The van der Waals surface area contributed by atoms with Crippen LogP contribution < -0.4 is 0 Å². The predicted octanol–water partition coefficient (Wildman–Crippen LogP) is 4.23. The minimum Gasteiger partial charge on any atom is -0.400 e. The van der Waals surface area contributed by atoms with Gasteiger partial charge in [0, 0.05) is 0 Å². The highest BCUT2D eigenvalue weighted by atomic mass is 15.5. The highest BCUT2D eigenvalue weighted by Gasteiger charge is 2.22. The summed E-state index contributed by atoms with van der Waals surface area (Å²) in [5.74, 6) is 1.15. The van der Waals surface area contributed by atoms with Crippen molar-refractivity contribution >= 4 is 7.12 Å². The third-order valence-corrected chi connectivity index (χ3v) is 5.58. The molecule has 0 aliphatic carbocycles. The van der Waals surface area contributed by atoms with Crippen molar-refractivity contribution in [2.45, 2.75) is 80.1 Å². The molecule has 3 aromatic rings. The standard InChI is InChI=1S/C21H34BN6/c1-13(2)19-10-16(7)26(23-19)22(27-17(8)11-20(24-27)14(3)4)28-18(9)12-21(25-28)15(5)6/h10-15,22H,1-9H3/q-1. The molecule has 0 bridgehead atoms. The Morgan fingerprint density at radius 1 is 0.571 bits per heavy atom. The lowest BCUT2D eigenvalue weighted by Gasteiger charge is -2.31. The zero-order chi connectivity index (χ0) is 20.7. The van der Waals surface area contributed by atoms with Gasteiger partial charge in [-0.25, -0.2) is 15.3 Å². The highest BCUT2D eigenvalue weighted by Crippen LogP contribution is 2.20. The number of hydrogen-bond acceptors (Lipinski definition) is 3. The van der Waals surface area contributed by atoms with E-state index >= 15 is 0 Å². The molecule has 0 unspecified atom stereocenters. The Balaban J connectivity index is 2.23. The van der Waals surface area contributed by atoms with Gasteiger partial charge in [0.2, 0.25) is 0 Å². The summed E-state index contributed by atoms with van der Waals surface area (Å²) in [5, 5.41) is 15.0. The average molecular weight is 381 g/mol. The van der Waals surface area contributed by atoms with Gasteiger partial charge >= 0.3 is 7.12 Å². The molecule has 0 aliphatic heterocycles. The van der Waals surface area contributed by atoms with Gasteiger partial charge in [0.05, 0.1) is 17.1 Å². The lowest BCUT2D eigenvalue weighted by atomic mass is 9.93. The van der Waals surface area contributed by atoms with Crippen LogP contribution in [-0.2, 0) is 0 Å². The first-order chi connectivity index (χ1) is 13.1. The average Bonchev–Trinajstić information content (AvgIpc) is 3.28.